The fraction of sp³-hybridized carbons (Fsp3) is 0.500. The highest BCUT2D eigenvalue weighted by Gasteiger charge is 2.21. The Balaban J connectivity index is 1.49. The van der Waals surface area contributed by atoms with Crippen molar-refractivity contribution < 1.29 is 12.9 Å². The van der Waals surface area contributed by atoms with Gasteiger partial charge in [-0.3, -0.25) is 0 Å². The highest BCUT2D eigenvalue weighted by atomic mass is 32.2. The molecule has 1 aliphatic heterocycles. The third kappa shape index (κ3) is 4.78. The lowest BCUT2D eigenvalue weighted by atomic mass is 10.1. The quantitative estimate of drug-likeness (QED) is 0.847. The Bertz CT molecular complexity index is 753. The van der Waals surface area contributed by atoms with E-state index in [4.69, 9.17) is 4.52 Å². The van der Waals surface area contributed by atoms with Gasteiger partial charge in [-0.2, -0.15) is 4.98 Å². The Labute approximate surface area is 142 Å². The molecule has 24 heavy (non-hydrogen) atoms. The van der Waals surface area contributed by atoms with Crippen LogP contribution >= 0.6 is 0 Å². The minimum absolute atomic E-state index is 0.219. The molecule has 2 aromatic rings. The van der Waals surface area contributed by atoms with Crippen molar-refractivity contribution >= 4 is 15.8 Å². The monoisotopic (exact) mass is 350 g/mol. The lowest BCUT2D eigenvalue weighted by Crippen LogP contribution is -2.41. The average Bonchev–Trinajstić information content (AvgIpc) is 3.03. The summed E-state index contributed by atoms with van der Waals surface area (Å²) in [6.45, 7) is 2.35. The molecule has 0 unspecified atom stereocenters. The molecule has 1 N–H and O–H groups in total. The molecule has 1 saturated heterocycles. The van der Waals surface area contributed by atoms with Gasteiger partial charge in [0.05, 0.1) is 5.75 Å². The second kappa shape index (κ2) is 7.31. The van der Waals surface area contributed by atoms with E-state index in [-0.39, 0.29) is 11.8 Å². The van der Waals surface area contributed by atoms with Gasteiger partial charge in [0.2, 0.25) is 0 Å². The topological polar surface area (TPSA) is 88.3 Å². The largest absolute Gasteiger partial charge is 0.349 e. The van der Waals surface area contributed by atoms with Gasteiger partial charge in [-0.05, 0) is 30.1 Å². The van der Waals surface area contributed by atoms with Gasteiger partial charge in [0.15, 0.2) is 0 Å². The van der Waals surface area contributed by atoms with E-state index in [1.54, 1.807) is 0 Å². The van der Waals surface area contributed by atoms with Crippen LogP contribution < -0.4 is 5.32 Å². The molecule has 130 valence electrons. The number of benzene rings is 1. The van der Waals surface area contributed by atoms with Crippen molar-refractivity contribution in [2.24, 2.45) is 0 Å². The SMILES string of the molecule is CS(=O)(=O)CCN1CCC(Nc2noc(-c3ccccc3)n2)CC1. The summed E-state index contributed by atoms with van der Waals surface area (Å²) in [4.78, 5) is 6.57. The van der Waals surface area contributed by atoms with Crippen molar-refractivity contribution in [2.45, 2.75) is 18.9 Å². The van der Waals surface area contributed by atoms with E-state index in [1.807, 2.05) is 30.3 Å². The van der Waals surface area contributed by atoms with Crippen molar-refractivity contribution in [1.29, 1.82) is 0 Å². The molecule has 0 atom stereocenters. The van der Waals surface area contributed by atoms with Gasteiger partial charge in [0, 0.05) is 37.5 Å². The Morgan fingerprint density at radius 1 is 1.25 bits per heavy atom. The van der Waals surface area contributed by atoms with E-state index in [0.29, 0.717) is 18.4 Å². The van der Waals surface area contributed by atoms with Gasteiger partial charge in [-0.1, -0.05) is 18.2 Å². The van der Waals surface area contributed by atoms with Crippen molar-refractivity contribution in [1.82, 2.24) is 15.0 Å². The Kier molecular flexibility index (Phi) is 5.15. The van der Waals surface area contributed by atoms with Gasteiger partial charge >= 0.3 is 0 Å². The number of rotatable bonds is 6. The van der Waals surface area contributed by atoms with E-state index in [0.717, 1.165) is 31.5 Å². The zero-order chi connectivity index (χ0) is 17.0. The van der Waals surface area contributed by atoms with Crippen molar-refractivity contribution in [2.75, 3.05) is 37.0 Å². The molecule has 0 saturated carbocycles. The predicted octanol–water partition coefficient (Wildman–Crippen LogP) is 1.66. The Morgan fingerprint density at radius 2 is 1.96 bits per heavy atom. The molecule has 1 aromatic heterocycles. The van der Waals surface area contributed by atoms with Gasteiger partial charge in [-0.15, -0.1) is 0 Å². The van der Waals surface area contributed by atoms with Crippen molar-refractivity contribution in [3.8, 4) is 11.5 Å². The highest BCUT2D eigenvalue weighted by molar-refractivity contribution is 7.90. The maximum Gasteiger partial charge on any atom is 0.263 e. The van der Waals surface area contributed by atoms with Crippen LogP contribution in [0.5, 0.6) is 0 Å². The number of anilines is 1. The second-order valence-electron chi connectivity index (χ2n) is 6.18. The Morgan fingerprint density at radius 3 is 2.62 bits per heavy atom. The molecule has 0 spiro atoms. The van der Waals surface area contributed by atoms with Gasteiger partial charge in [0.25, 0.3) is 11.8 Å². The summed E-state index contributed by atoms with van der Waals surface area (Å²) in [7, 11) is -2.90. The first-order valence-corrected chi connectivity index (χ1v) is 10.1. The molecular formula is C16H22N4O3S. The van der Waals surface area contributed by atoms with Crippen LogP contribution in [0.3, 0.4) is 0 Å². The summed E-state index contributed by atoms with van der Waals surface area (Å²) in [6.07, 6.45) is 3.14. The van der Waals surface area contributed by atoms with Crippen LogP contribution in [0.4, 0.5) is 5.95 Å². The second-order valence-corrected chi connectivity index (χ2v) is 8.44. The summed E-state index contributed by atoms with van der Waals surface area (Å²) >= 11 is 0. The molecule has 7 nitrogen and oxygen atoms in total. The van der Waals surface area contributed by atoms with Crippen LogP contribution in [0.2, 0.25) is 0 Å². The summed E-state index contributed by atoms with van der Waals surface area (Å²) in [5.74, 6) is 1.23. The number of nitrogens with zero attached hydrogens (tertiary/aromatic N) is 3. The molecule has 1 aromatic carbocycles. The van der Waals surface area contributed by atoms with Crippen LogP contribution in [0.15, 0.2) is 34.9 Å². The molecule has 1 aliphatic rings. The minimum Gasteiger partial charge on any atom is -0.349 e. The lowest BCUT2D eigenvalue weighted by Gasteiger charge is -2.31. The summed E-state index contributed by atoms with van der Waals surface area (Å²) < 4.78 is 27.8. The number of hydrogen-bond acceptors (Lipinski definition) is 7. The zero-order valence-electron chi connectivity index (χ0n) is 13.7. The first-order valence-electron chi connectivity index (χ1n) is 8.05. The van der Waals surface area contributed by atoms with Gasteiger partial charge < -0.3 is 14.7 Å². The van der Waals surface area contributed by atoms with Crippen LogP contribution in [0, 0.1) is 0 Å². The molecule has 2 heterocycles. The molecule has 8 heteroatoms. The maximum atomic E-state index is 11.2. The summed E-state index contributed by atoms with van der Waals surface area (Å²) in [5, 5.41) is 7.29. The number of piperidine rings is 1. The number of likely N-dealkylation sites (tertiary alicyclic amines) is 1. The normalized spacial score (nSPS) is 17.0. The smallest absolute Gasteiger partial charge is 0.263 e. The number of nitrogens with one attached hydrogen (secondary N) is 1. The van der Waals surface area contributed by atoms with Crippen LogP contribution in [0.25, 0.3) is 11.5 Å². The standard InChI is InChI=1S/C16H22N4O3S/c1-24(21,22)12-11-20-9-7-14(8-10-20)17-16-18-15(23-19-16)13-5-3-2-4-6-13/h2-6,14H,7-12H2,1H3,(H,17,19). The van der Waals surface area contributed by atoms with Gasteiger partial charge in [0.1, 0.15) is 9.84 Å². The minimum atomic E-state index is -2.90. The third-order valence-corrected chi connectivity index (χ3v) is 5.07. The van der Waals surface area contributed by atoms with E-state index >= 15 is 0 Å². The summed E-state index contributed by atoms with van der Waals surface area (Å²) in [5.41, 5.74) is 0.897. The van der Waals surface area contributed by atoms with E-state index in [2.05, 4.69) is 20.4 Å². The van der Waals surface area contributed by atoms with Crippen LogP contribution in [0.1, 0.15) is 12.8 Å². The maximum absolute atomic E-state index is 11.2. The van der Waals surface area contributed by atoms with Crippen LogP contribution in [-0.2, 0) is 9.84 Å². The van der Waals surface area contributed by atoms with Gasteiger partial charge in [-0.25, -0.2) is 8.42 Å². The van der Waals surface area contributed by atoms with E-state index in [1.165, 1.54) is 6.26 Å². The molecule has 0 amide bonds. The van der Waals surface area contributed by atoms with Crippen molar-refractivity contribution in [3.05, 3.63) is 30.3 Å². The van der Waals surface area contributed by atoms with Crippen molar-refractivity contribution in [3.63, 3.8) is 0 Å². The highest BCUT2D eigenvalue weighted by Crippen LogP contribution is 2.20. The lowest BCUT2D eigenvalue weighted by molar-refractivity contribution is 0.230. The predicted molar refractivity (Wildman–Crippen MR) is 92.5 cm³/mol. The Hall–Kier alpha value is -1.93. The van der Waals surface area contributed by atoms with E-state index < -0.39 is 9.84 Å². The summed E-state index contributed by atoms with van der Waals surface area (Å²) in [6, 6.07) is 9.93. The molecule has 0 aliphatic carbocycles. The third-order valence-electron chi connectivity index (χ3n) is 4.15. The van der Waals surface area contributed by atoms with Crippen LogP contribution in [-0.4, -0.2) is 61.1 Å². The number of hydrogen-bond donors (Lipinski definition) is 1. The molecule has 3 rings (SSSR count). The fourth-order valence-corrected chi connectivity index (χ4v) is 3.35. The fourth-order valence-electron chi connectivity index (χ4n) is 2.76. The molecule has 1 fully saturated rings. The molecular weight excluding hydrogens is 328 g/mol. The first kappa shape index (κ1) is 16.9. The van der Waals surface area contributed by atoms with E-state index in [9.17, 15) is 8.42 Å². The average molecular weight is 350 g/mol. The number of aromatic nitrogens is 2. The number of sulfone groups is 1. The molecule has 0 radical (unpaired) electrons. The first-order chi connectivity index (χ1) is 11.5. The zero-order valence-corrected chi connectivity index (χ0v) is 14.5. The molecule has 0 bridgehead atoms.